The SMILES string of the molecule is Cc1cc(NS(=O)(=O)c2ccc(NC(=O)/C=C/c3cccs3)cc2)no1. The van der Waals surface area contributed by atoms with Crippen molar-refractivity contribution in [3.05, 3.63) is 64.6 Å². The molecule has 3 aromatic rings. The first kappa shape index (κ1) is 17.9. The third-order valence-corrected chi connectivity index (χ3v) is 5.45. The molecule has 0 unspecified atom stereocenters. The summed E-state index contributed by atoms with van der Waals surface area (Å²) in [6, 6.07) is 11.1. The number of sulfonamides is 1. The number of benzene rings is 1. The fourth-order valence-corrected chi connectivity index (χ4v) is 3.66. The molecule has 0 bridgehead atoms. The summed E-state index contributed by atoms with van der Waals surface area (Å²) in [5.41, 5.74) is 0.488. The van der Waals surface area contributed by atoms with Gasteiger partial charge >= 0.3 is 0 Å². The molecule has 0 atom stereocenters. The summed E-state index contributed by atoms with van der Waals surface area (Å²) in [7, 11) is -3.78. The average Bonchev–Trinajstić information content (AvgIpc) is 3.25. The Morgan fingerprint density at radius 3 is 2.62 bits per heavy atom. The summed E-state index contributed by atoms with van der Waals surface area (Å²) in [4.78, 5) is 12.9. The molecule has 0 saturated heterocycles. The minimum atomic E-state index is -3.78. The van der Waals surface area contributed by atoms with Gasteiger partial charge in [0, 0.05) is 22.7 Å². The molecule has 1 amide bonds. The molecule has 0 saturated carbocycles. The molecule has 7 nitrogen and oxygen atoms in total. The third-order valence-electron chi connectivity index (χ3n) is 3.24. The first-order valence-electron chi connectivity index (χ1n) is 7.51. The zero-order chi connectivity index (χ0) is 18.6. The number of hydrogen-bond acceptors (Lipinski definition) is 6. The summed E-state index contributed by atoms with van der Waals surface area (Å²) in [5, 5.41) is 8.19. The Hall–Kier alpha value is -2.91. The van der Waals surface area contributed by atoms with Crippen LogP contribution in [0, 0.1) is 6.92 Å². The Labute approximate surface area is 154 Å². The van der Waals surface area contributed by atoms with Gasteiger partial charge in [-0.05, 0) is 48.7 Å². The van der Waals surface area contributed by atoms with Crippen LogP contribution >= 0.6 is 11.3 Å². The van der Waals surface area contributed by atoms with Crippen LogP contribution in [-0.4, -0.2) is 19.5 Å². The Morgan fingerprint density at radius 2 is 2.00 bits per heavy atom. The largest absolute Gasteiger partial charge is 0.360 e. The molecule has 1 aromatic carbocycles. The lowest BCUT2D eigenvalue weighted by Gasteiger charge is -2.06. The highest BCUT2D eigenvalue weighted by Crippen LogP contribution is 2.18. The summed E-state index contributed by atoms with van der Waals surface area (Å²) < 4.78 is 31.7. The lowest BCUT2D eigenvalue weighted by atomic mass is 10.3. The molecule has 0 radical (unpaired) electrons. The van der Waals surface area contributed by atoms with Crippen LogP contribution in [0.2, 0.25) is 0 Å². The van der Waals surface area contributed by atoms with Crippen molar-refractivity contribution in [2.24, 2.45) is 0 Å². The summed E-state index contributed by atoms with van der Waals surface area (Å²) in [5.74, 6) is 0.306. The Bertz CT molecular complexity index is 1020. The third kappa shape index (κ3) is 4.58. The van der Waals surface area contributed by atoms with Crippen molar-refractivity contribution in [3.63, 3.8) is 0 Å². The number of nitrogens with zero attached hydrogens (tertiary/aromatic N) is 1. The number of thiophene rings is 1. The number of rotatable bonds is 6. The smallest absolute Gasteiger partial charge is 0.263 e. The maximum absolute atomic E-state index is 12.3. The summed E-state index contributed by atoms with van der Waals surface area (Å²) in [6.45, 7) is 1.66. The van der Waals surface area contributed by atoms with Gasteiger partial charge in [0.15, 0.2) is 5.82 Å². The fraction of sp³-hybridized carbons (Fsp3) is 0.0588. The first-order chi connectivity index (χ1) is 12.4. The molecule has 2 heterocycles. The second-order valence-corrected chi connectivity index (χ2v) is 7.95. The summed E-state index contributed by atoms with van der Waals surface area (Å²) >= 11 is 1.53. The summed E-state index contributed by atoms with van der Waals surface area (Å²) in [6.07, 6.45) is 3.13. The van der Waals surface area contributed by atoms with Crippen LogP contribution in [0.5, 0.6) is 0 Å². The van der Waals surface area contributed by atoms with Crippen molar-refractivity contribution in [1.82, 2.24) is 5.16 Å². The second-order valence-electron chi connectivity index (χ2n) is 5.29. The molecule has 0 aliphatic carbocycles. The number of nitrogens with one attached hydrogen (secondary N) is 2. The van der Waals surface area contributed by atoms with Crippen LogP contribution in [-0.2, 0) is 14.8 Å². The van der Waals surface area contributed by atoms with Gasteiger partial charge in [-0.25, -0.2) is 8.42 Å². The van der Waals surface area contributed by atoms with E-state index in [0.717, 1.165) is 4.88 Å². The predicted octanol–water partition coefficient (Wildman–Crippen LogP) is 3.50. The lowest BCUT2D eigenvalue weighted by molar-refractivity contribution is -0.111. The monoisotopic (exact) mass is 389 g/mol. The van der Waals surface area contributed by atoms with Crippen LogP contribution in [0.1, 0.15) is 10.6 Å². The van der Waals surface area contributed by atoms with E-state index in [9.17, 15) is 13.2 Å². The molecule has 26 heavy (non-hydrogen) atoms. The van der Waals surface area contributed by atoms with E-state index in [2.05, 4.69) is 15.2 Å². The van der Waals surface area contributed by atoms with E-state index >= 15 is 0 Å². The van der Waals surface area contributed by atoms with Crippen molar-refractivity contribution in [2.75, 3.05) is 10.0 Å². The van der Waals surface area contributed by atoms with Crippen molar-refractivity contribution in [2.45, 2.75) is 11.8 Å². The topological polar surface area (TPSA) is 101 Å². The van der Waals surface area contributed by atoms with E-state index in [1.807, 2.05) is 17.5 Å². The molecule has 134 valence electrons. The minimum Gasteiger partial charge on any atom is -0.360 e. The molecular weight excluding hydrogens is 374 g/mol. The van der Waals surface area contributed by atoms with Crippen molar-refractivity contribution >= 4 is 44.8 Å². The lowest BCUT2D eigenvalue weighted by Crippen LogP contribution is -2.13. The van der Waals surface area contributed by atoms with Crippen LogP contribution in [0.3, 0.4) is 0 Å². The molecule has 0 aliphatic rings. The fourth-order valence-electron chi connectivity index (χ4n) is 2.06. The van der Waals surface area contributed by atoms with E-state index in [1.54, 1.807) is 13.0 Å². The molecule has 2 aromatic heterocycles. The molecule has 2 N–H and O–H groups in total. The average molecular weight is 389 g/mol. The molecule has 3 rings (SSSR count). The molecule has 0 fully saturated rings. The Balaban J connectivity index is 1.65. The van der Waals surface area contributed by atoms with Crippen molar-refractivity contribution < 1.29 is 17.7 Å². The van der Waals surface area contributed by atoms with Gasteiger partial charge in [0.2, 0.25) is 5.91 Å². The highest BCUT2D eigenvalue weighted by atomic mass is 32.2. The zero-order valence-electron chi connectivity index (χ0n) is 13.7. The quantitative estimate of drug-likeness (QED) is 0.628. The predicted molar refractivity (Wildman–Crippen MR) is 100 cm³/mol. The number of aryl methyl sites for hydroxylation is 1. The standard InChI is InChI=1S/C17H15N3O4S2/c1-12-11-16(19-24-12)20-26(22,23)15-7-4-13(5-8-15)18-17(21)9-6-14-3-2-10-25-14/h2-11H,1H3,(H,18,21)(H,19,20)/b9-6+. The van der Waals surface area contributed by atoms with Crippen LogP contribution in [0.15, 0.2) is 63.3 Å². The van der Waals surface area contributed by atoms with Crippen LogP contribution < -0.4 is 10.0 Å². The number of anilines is 2. The van der Waals surface area contributed by atoms with E-state index in [-0.39, 0.29) is 16.6 Å². The van der Waals surface area contributed by atoms with Crippen LogP contribution in [0.4, 0.5) is 11.5 Å². The molecule has 0 aliphatic heterocycles. The van der Waals surface area contributed by atoms with Gasteiger partial charge in [0.25, 0.3) is 10.0 Å². The number of aromatic nitrogens is 1. The van der Waals surface area contributed by atoms with E-state index in [1.165, 1.54) is 47.7 Å². The normalized spacial score (nSPS) is 11.6. The molecule has 9 heteroatoms. The van der Waals surface area contributed by atoms with Gasteiger partial charge in [-0.2, -0.15) is 0 Å². The zero-order valence-corrected chi connectivity index (χ0v) is 15.3. The highest BCUT2D eigenvalue weighted by Gasteiger charge is 2.16. The van der Waals surface area contributed by atoms with Gasteiger partial charge in [-0.15, -0.1) is 11.3 Å². The van der Waals surface area contributed by atoms with Gasteiger partial charge < -0.3 is 9.84 Å². The number of amides is 1. The van der Waals surface area contributed by atoms with Gasteiger partial charge in [0.1, 0.15) is 5.76 Å². The number of carbonyl (C=O) groups is 1. The maximum Gasteiger partial charge on any atom is 0.263 e. The van der Waals surface area contributed by atoms with Crippen LogP contribution in [0.25, 0.3) is 6.08 Å². The van der Waals surface area contributed by atoms with E-state index in [4.69, 9.17) is 4.52 Å². The Morgan fingerprint density at radius 1 is 1.23 bits per heavy atom. The highest BCUT2D eigenvalue weighted by molar-refractivity contribution is 7.92. The van der Waals surface area contributed by atoms with Gasteiger partial charge in [-0.1, -0.05) is 11.2 Å². The van der Waals surface area contributed by atoms with Gasteiger partial charge in [-0.3, -0.25) is 9.52 Å². The number of hydrogen-bond donors (Lipinski definition) is 2. The van der Waals surface area contributed by atoms with Gasteiger partial charge in [0.05, 0.1) is 4.90 Å². The molecular formula is C17H15N3O4S2. The maximum atomic E-state index is 12.3. The van der Waals surface area contributed by atoms with Crippen molar-refractivity contribution in [1.29, 1.82) is 0 Å². The first-order valence-corrected chi connectivity index (χ1v) is 9.87. The van der Waals surface area contributed by atoms with E-state index < -0.39 is 10.0 Å². The molecule has 0 spiro atoms. The Kier molecular flexibility index (Phi) is 5.19. The number of carbonyl (C=O) groups excluding carboxylic acids is 1. The second kappa shape index (κ2) is 7.54. The minimum absolute atomic E-state index is 0.0466. The van der Waals surface area contributed by atoms with E-state index in [0.29, 0.717) is 11.4 Å². The van der Waals surface area contributed by atoms with Crippen molar-refractivity contribution in [3.8, 4) is 0 Å².